The predicted octanol–water partition coefficient (Wildman–Crippen LogP) is 3.88. The van der Waals surface area contributed by atoms with Crippen LogP contribution in [0.1, 0.15) is 31.7 Å². The van der Waals surface area contributed by atoms with Crippen molar-refractivity contribution in [2.45, 2.75) is 11.8 Å². The van der Waals surface area contributed by atoms with E-state index in [0.29, 0.717) is 9.90 Å². The molecule has 2 heterocycles. The van der Waals surface area contributed by atoms with Gasteiger partial charge in [-0.05, 0) is 29.3 Å². The molecule has 6 heteroatoms. The summed E-state index contributed by atoms with van der Waals surface area (Å²) in [6.45, 7) is 0. The molecule has 0 saturated carbocycles. The van der Waals surface area contributed by atoms with E-state index in [1.807, 2.05) is 12.1 Å². The zero-order valence-corrected chi connectivity index (χ0v) is 13.4. The summed E-state index contributed by atoms with van der Waals surface area (Å²) in [5.41, 5.74) is 2.12. The van der Waals surface area contributed by atoms with Gasteiger partial charge in [-0.15, -0.1) is 22.9 Å². The Morgan fingerprint density at radius 1 is 1.24 bits per heavy atom. The van der Waals surface area contributed by atoms with Gasteiger partial charge in [-0.1, -0.05) is 23.7 Å². The summed E-state index contributed by atoms with van der Waals surface area (Å²) in [7, 11) is 1.50. The molecular weight excluding hydrogens is 329 g/mol. The van der Waals surface area contributed by atoms with Crippen molar-refractivity contribution in [3.05, 3.63) is 56.2 Å². The smallest absolute Gasteiger partial charge is 0.260 e. The van der Waals surface area contributed by atoms with Crippen molar-refractivity contribution in [3.8, 4) is 0 Å². The van der Waals surface area contributed by atoms with Gasteiger partial charge in [0.2, 0.25) is 5.91 Å². The fraction of sp³-hybridized carbons (Fsp3) is 0.200. The normalized spacial score (nSPS) is 16.0. The first-order chi connectivity index (χ1) is 9.97. The van der Waals surface area contributed by atoms with Crippen LogP contribution in [0.15, 0.2) is 30.3 Å². The topological polar surface area (TPSA) is 37.4 Å². The summed E-state index contributed by atoms with van der Waals surface area (Å²) >= 11 is 13.8. The molecular formula is C15H11Cl2NO2S. The maximum Gasteiger partial charge on any atom is 0.260 e. The number of rotatable bonds is 2. The first-order valence-corrected chi connectivity index (χ1v) is 7.93. The summed E-state index contributed by atoms with van der Waals surface area (Å²) in [5.74, 6) is -0.469. The molecule has 0 spiro atoms. The molecule has 1 aromatic carbocycles. The van der Waals surface area contributed by atoms with Crippen LogP contribution >= 0.6 is 34.5 Å². The molecule has 3 rings (SSSR count). The molecule has 0 fully saturated rings. The van der Waals surface area contributed by atoms with E-state index in [9.17, 15) is 9.59 Å². The Balaban J connectivity index is 2.00. The van der Waals surface area contributed by atoms with Crippen LogP contribution in [0.25, 0.3) is 0 Å². The highest BCUT2D eigenvalue weighted by Gasteiger charge is 2.28. The van der Waals surface area contributed by atoms with Crippen LogP contribution in [0.2, 0.25) is 4.34 Å². The molecule has 1 aliphatic rings. The van der Waals surface area contributed by atoms with Crippen LogP contribution in [-0.2, 0) is 11.2 Å². The van der Waals surface area contributed by atoms with Crippen LogP contribution < -0.4 is 0 Å². The Morgan fingerprint density at radius 2 is 2.00 bits per heavy atom. The van der Waals surface area contributed by atoms with E-state index in [0.717, 1.165) is 20.9 Å². The highest BCUT2D eigenvalue weighted by molar-refractivity contribution is 7.16. The van der Waals surface area contributed by atoms with Crippen LogP contribution in [0.4, 0.5) is 0 Å². The third-order valence-corrected chi connectivity index (χ3v) is 5.43. The Bertz CT molecular complexity index is 741. The number of likely N-dealkylation sites (N-methyl/N-ethyl adjacent to an activating group) is 1. The van der Waals surface area contributed by atoms with E-state index >= 15 is 0 Å². The number of nitrogens with zero attached hydrogens (tertiary/aromatic N) is 1. The average molecular weight is 340 g/mol. The quantitative estimate of drug-likeness (QED) is 0.614. The zero-order chi connectivity index (χ0) is 15.1. The second kappa shape index (κ2) is 5.44. The first-order valence-electron chi connectivity index (χ1n) is 6.30. The standard InChI is InChI=1S/C15H11Cl2NO2S/c1-18-13(19)7-8-2-3-9(6-10(8)15(18)20)14(17)11-4-5-12(16)21-11/h2-6,14H,7H2,1H3. The Hall–Kier alpha value is -1.36. The van der Waals surface area contributed by atoms with Gasteiger partial charge in [0.05, 0.1) is 16.1 Å². The SMILES string of the molecule is CN1C(=O)Cc2ccc(C(Cl)c3ccc(Cl)s3)cc2C1=O. The molecule has 1 aliphatic heterocycles. The van der Waals surface area contributed by atoms with Gasteiger partial charge in [0.15, 0.2) is 0 Å². The van der Waals surface area contributed by atoms with E-state index in [1.165, 1.54) is 18.4 Å². The van der Waals surface area contributed by atoms with Gasteiger partial charge in [0, 0.05) is 17.5 Å². The van der Waals surface area contributed by atoms with Crippen molar-refractivity contribution in [2.75, 3.05) is 7.05 Å². The second-order valence-corrected chi connectivity index (χ2v) is 7.04. The van der Waals surface area contributed by atoms with Gasteiger partial charge in [-0.2, -0.15) is 0 Å². The zero-order valence-electron chi connectivity index (χ0n) is 11.1. The number of carbonyl (C=O) groups excluding carboxylic acids is 2. The fourth-order valence-corrected chi connectivity index (χ4v) is 3.72. The third-order valence-electron chi connectivity index (χ3n) is 3.52. The molecule has 1 atom stereocenters. The average Bonchev–Trinajstić information content (AvgIpc) is 2.90. The number of imide groups is 1. The number of alkyl halides is 1. The molecule has 2 aromatic rings. The van der Waals surface area contributed by atoms with Crippen molar-refractivity contribution < 1.29 is 9.59 Å². The van der Waals surface area contributed by atoms with E-state index in [4.69, 9.17) is 23.2 Å². The fourth-order valence-electron chi connectivity index (χ4n) is 2.31. The lowest BCUT2D eigenvalue weighted by molar-refractivity contribution is -0.127. The van der Waals surface area contributed by atoms with Crippen molar-refractivity contribution in [2.24, 2.45) is 0 Å². The first kappa shape index (κ1) is 14.6. The van der Waals surface area contributed by atoms with Gasteiger partial charge in [-0.25, -0.2) is 0 Å². The molecule has 1 aromatic heterocycles. The van der Waals surface area contributed by atoms with E-state index in [2.05, 4.69) is 0 Å². The number of fused-ring (bicyclic) bond motifs is 1. The van der Waals surface area contributed by atoms with Crippen LogP contribution in [0.5, 0.6) is 0 Å². The van der Waals surface area contributed by atoms with Crippen LogP contribution in [-0.4, -0.2) is 23.8 Å². The minimum atomic E-state index is -0.358. The summed E-state index contributed by atoms with van der Waals surface area (Å²) < 4.78 is 0.676. The highest BCUT2D eigenvalue weighted by atomic mass is 35.5. The Kier molecular flexibility index (Phi) is 3.78. The summed E-state index contributed by atoms with van der Waals surface area (Å²) in [4.78, 5) is 25.9. The number of hydrogen-bond acceptors (Lipinski definition) is 3. The largest absolute Gasteiger partial charge is 0.281 e. The van der Waals surface area contributed by atoms with Gasteiger partial charge < -0.3 is 0 Å². The second-order valence-electron chi connectivity index (χ2n) is 4.86. The minimum Gasteiger partial charge on any atom is -0.281 e. The van der Waals surface area contributed by atoms with Crippen molar-refractivity contribution in [1.29, 1.82) is 0 Å². The number of halogens is 2. The molecule has 108 valence electrons. The van der Waals surface area contributed by atoms with Gasteiger partial charge in [0.25, 0.3) is 5.91 Å². The molecule has 0 N–H and O–H groups in total. The summed E-state index contributed by atoms with van der Waals surface area (Å²) in [6.07, 6.45) is 0.246. The van der Waals surface area contributed by atoms with Crippen LogP contribution in [0, 0.1) is 0 Å². The number of thiophene rings is 1. The molecule has 0 bridgehead atoms. The summed E-state index contributed by atoms with van der Waals surface area (Å²) in [6, 6.07) is 9.11. The Morgan fingerprint density at radius 3 is 2.67 bits per heavy atom. The van der Waals surface area contributed by atoms with E-state index in [-0.39, 0.29) is 23.6 Å². The number of carbonyl (C=O) groups is 2. The predicted molar refractivity (Wildman–Crippen MR) is 84.3 cm³/mol. The lowest BCUT2D eigenvalue weighted by Gasteiger charge is -2.24. The van der Waals surface area contributed by atoms with Crippen molar-refractivity contribution >= 4 is 46.4 Å². The third kappa shape index (κ3) is 2.59. The molecule has 21 heavy (non-hydrogen) atoms. The van der Waals surface area contributed by atoms with E-state index < -0.39 is 0 Å². The molecule has 2 amide bonds. The van der Waals surface area contributed by atoms with Gasteiger partial charge in [-0.3, -0.25) is 14.5 Å². The van der Waals surface area contributed by atoms with Crippen LogP contribution in [0.3, 0.4) is 0 Å². The lowest BCUT2D eigenvalue weighted by atomic mass is 9.95. The van der Waals surface area contributed by atoms with E-state index in [1.54, 1.807) is 18.2 Å². The number of hydrogen-bond donors (Lipinski definition) is 0. The Labute approximate surface area is 136 Å². The molecule has 0 radical (unpaired) electrons. The lowest BCUT2D eigenvalue weighted by Crippen LogP contribution is -2.39. The number of amides is 2. The van der Waals surface area contributed by atoms with Crippen molar-refractivity contribution in [1.82, 2.24) is 4.90 Å². The minimum absolute atomic E-state index is 0.187. The van der Waals surface area contributed by atoms with Crippen molar-refractivity contribution in [3.63, 3.8) is 0 Å². The van der Waals surface area contributed by atoms with Gasteiger partial charge >= 0.3 is 0 Å². The monoisotopic (exact) mass is 339 g/mol. The van der Waals surface area contributed by atoms with Gasteiger partial charge in [0.1, 0.15) is 0 Å². The maximum atomic E-state index is 12.2. The maximum absolute atomic E-state index is 12.2. The summed E-state index contributed by atoms with van der Waals surface area (Å²) in [5, 5.41) is -0.358. The number of benzene rings is 1. The molecule has 0 aliphatic carbocycles. The molecule has 3 nitrogen and oxygen atoms in total. The molecule has 1 unspecified atom stereocenters. The molecule has 0 saturated heterocycles. The highest BCUT2D eigenvalue weighted by Crippen LogP contribution is 2.36.